The summed E-state index contributed by atoms with van der Waals surface area (Å²) in [6.07, 6.45) is -6.74. The molecule has 0 radical (unpaired) electrons. The number of aryl methyl sites for hydroxylation is 1. The number of alkyl halides is 3. The molecule has 3 aromatic rings. The van der Waals surface area contributed by atoms with Gasteiger partial charge in [-0.05, 0) is 49.1 Å². The summed E-state index contributed by atoms with van der Waals surface area (Å²) >= 11 is 1.31. The van der Waals surface area contributed by atoms with Crippen LogP contribution in [0.25, 0.3) is 21.3 Å². The maximum atomic E-state index is 13.2. The van der Waals surface area contributed by atoms with E-state index in [9.17, 15) is 18.0 Å². The fourth-order valence-corrected chi connectivity index (χ4v) is 4.59. The van der Waals surface area contributed by atoms with E-state index in [-0.39, 0.29) is 12.2 Å². The zero-order chi connectivity index (χ0) is 22.3. The molecule has 31 heavy (non-hydrogen) atoms. The van der Waals surface area contributed by atoms with E-state index >= 15 is 0 Å². The van der Waals surface area contributed by atoms with Gasteiger partial charge < -0.3 is 10.5 Å². The summed E-state index contributed by atoms with van der Waals surface area (Å²) in [5, 5.41) is 0.820. The Morgan fingerprint density at radius 3 is 2.71 bits per heavy atom. The topological polar surface area (TPSA) is 81.3 Å². The van der Waals surface area contributed by atoms with Gasteiger partial charge in [-0.25, -0.2) is 4.98 Å². The van der Waals surface area contributed by atoms with Gasteiger partial charge in [0.05, 0.1) is 22.2 Å². The first-order chi connectivity index (χ1) is 14.6. The van der Waals surface area contributed by atoms with Gasteiger partial charge >= 0.3 is 6.18 Å². The van der Waals surface area contributed by atoms with Crippen LogP contribution in [0.2, 0.25) is 0 Å². The first-order valence-corrected chi connectivity index (χ1v) is 10.5. The van der Waals surface area contributed by atoms with Crippen LogP contribution in [0.4, 0.5) is 13.2 Å². The van der Waals surface area contributed by atoms with E-state index in [0.29, 0.717) is 18.6 Å². The number of hydrogen-bond donors (Lipinski definition) is 1. The molecule has 4 rings (SSSR count). The van der Waals surface area contributed by atoms with Crippen LogP contribution in [-0.4, -0.2) is 51.6 Å². The summed E-state index contributed by atoms with van der Waals surface area (Å²) in [7, 11) is 0. The molecular weight excluding hydrogens is 429 g/mol. The highest BCUT2D eigenvalue weighted by atomic mass is 32.1. The van der Waals surface area contributed by atoms with Crippen LogP contribution in [0, 0.1) is 6.92 Å². The Morgan fingerprint density at radius 1 is 1.29 bits per heavy atom. The van der Waals surface area contributed by atoms with Gasteiger partial charge in [0, 0.05) is 30.6 Å². The Hall–Kier alpha value is -2.56. The molecule has 1 aromatic carbocycles. The number of hydrogen-bond acceptors (Lipinski definition) is 6. The first-order valence-electron chi connectivity index (χ1n) is 9.72. The molecule has 1 aliphatic rings. The number of aromatic nitrogens is 2. The van der Waals surface area contributed by atoms with E-state index in [1.165, 1.54) is 11.5 Å². The normalized spacial score (nSPS) is 20.3. The number of carbonyl (C=O) groups excluding carboxylic acids is 1. The van der Waals surface area contributed by atoms with Gasteiger partial charge in [-0.2, -0.15) is 17.5 Å². The van der Waals surface area contributed by atoms with Gasteiger partial charge in [0.25, 0.3) is 5.91 Å². The van der Waals surface area contributed by atoms with Gasteiger partial charge in [-0.15, -0.1) is 0 Å². The van der Waals surface area contributed by atoms with Gasteiger partial charge in [-0.1, -0.05) is 12.1 Å². The monoisotopic (exact) mass is 450 g/mol. The number of carbonyl (C=O) groups is 1. The molecule has 1 aliphatic heterocycles. The average Bonchev–Trinajstić information content (AvgIpc) is 3.12. The highest BCUT2D eigenvalue weighted by molar-refractivity contribution is 7.09. The second-order valence-corrected chi connectivity index (χ2v) is 8.58. The summed E-state index contributed by atoms with van der Waals surface area (Å²) < 4.78 is 48.8. The smallest absolute Gasteiger partial charge is 0.364 e. The number of fused-ring (bicyclic) bond motifs is 1. The van der Waals surface area contributed by atoms with Crippen LogP contribution in [0.1, 0.15) is 28.7 Å². The van der Waals surface area contributed by atoms with Crippen molar-refractivity contribution in [1.29, 1.82) is 0 Å². The fourth-order valence-electron chi connectivity index (χ4n) is 3.80. The van der Waals surface area contributed by atoms with Gasteiger partial charge in [0.1, 0.15) is 5.69 Å². The minimum atomic E-state index is -4.41. The summed E-state index contributed by atoms with van der Waals surface area (Å²) in [6.45, 7) is 3.99. The van der Waals surface area contributed by atoms with Crippen LogP contribution in [-0.2, 0) is 11.3 Å². The van der Waals surface area contributed by atoms with Crippen molar-refractivity contribution in [3.8, 4) is 10.4 Å². The molecule has 0 bridgehead atoms. The Kier molecular flexibility index (Phi) is 5.71. The number of pyridine rings is 1. The Labute approximate surface area is 181 Å². The van der Waals surface area contributed by atoms with E-state index in [0.717, 1.165) is 27.1 Å². The lowest BCUT2D eigenvalue weighted by Gasteiger charge is -2.37. The largest absolute Gasteiger partial charge is 0.415 e. The molecule has 3 heterocycles. The van der Waals surface area contributed by atoms with Crippen molar-refractivity contribution in [2.75, 3.05) is 13.1 Å². The standard InChI is InChI=1S/C21H21F3N4O2S/c1-11-5-18(31-27-11)15-7-17(20(25)29)26-16-6-13(3-4-14(15)16)9-28-8-12(2)30-19(10-28)21(22,23)24/h3-7,12,19H,8-10H2,1-2H3,(H2,25,29). The van der Waals surface area contributed by atoms with Crippen molar-refractivity contribution < 1.29 is 22.7 Å². The van der Waals surface area contributed by atoms with Crippen molar-refractivity contribution in [3.63, 3.8) is 0 Å². The molecule has 10 heteroatoms. The molecule has 6 nitrogen and oxygen atoms in total. The fraction of sp³-hybridized carbons (Fsp3) is 0.381. The summed E-state index contributed by atoms with van der Waals surface area (Å²) in [5.74, 6) is -0.648. The third-order valence-electron chi connectivity index (χ3n) is 5.13. The quantitative estimate of drug-likeness (QED) is 0.652. The van der Waals surface area contributed by atoms with Crippen LogP contribution in [0.15, 0.2) is 30.3 Å². The third-order valence-corrected chi connectivity index (χ3v) is 6.04. The van der Waals surface area contributed by atoms with E-state index in [1.54, 1.807) is 24.0 Å². The molecule has 0 aliphatic carbocycles. The van der Waals surface area contributed by atoms with Gasteiger partial charge in [0.2, 0.25) is 0 Å². The molecule has 2 atom stereocenters. The number of nitrogens with zero attached hydrogens (tertiary/aromatic N) is 3. The van der Waals surface area contributed by atoms with E-state index in [1.807, 2.05) is 25.1 Å². The maximum absolute atomic E-state index is 13.2. The number of halogens is 3. The van der Waals surface area contributed by atoms with Crippen molar-refractivity contribution >= 4 is 28.3 Å². The molecule has 0 saturated carbocycles. The van der Waals surface area contributed by atoms with Crippen molar-refractivity contribution in [2.45, 2.75) is 38.8 Å². The molecule has 2 unspecified atom stereocenters. The minimum Gasteiger partial charge on any atom is -0.364 e. The van der Waals surface area contributed by atoms with Crippen LogP contribution in [0.3, 0.4) is 0 Å². The SMILES string of the molecule is Cc1cc(-c2cc(C(N)=O)nc3cc(CN4CC(C)OC(C(F)(F)F)C4)ccc23)sn1. The van der Waals surface area contributed by atoms with Crippen LogP contribution >= 0.6 is 11.5 Å². The van der Waals surface area contributed by atoms with E-state index < -0.39 is 24.3 Å². The predicted octanol–water partition coefficient (Wildman–Crippen LogP) is 3.92. The van der Waals surface area contributed by atoms with Crippen molar-refractivity contribution in [3.05, 3.63) is 47.3 Å². The molecule has 2 aromatic heterocycles. The zero-order valence-corrected chi connectivity index (χ0v) is 17.8. The molecular formula is C21H21F3N4O2S. The van der Waals surface area contributed by atoms with Gasteiger partial charge in [0.15, 0.2) is 6.10 Å². The molecule has 1 saturated heterocycles. The maximum Gasteiger partial charge on any atom is 0.415 e. The number of amides is 1. The third kappa shape index (κ3) is 4.70. The van der Waals surface area contributed by atoms with Crippen molar-refractivity contribution in [2.24, 2.45) is 5.73 Å². The molecule has 1 fully saturated rings. The van der Waals surface area contributed by atoms with Crippen LogP contribution < -0.4 is 5.73 Å². The van der Waals surface area contributed by atoms with Crippen LogP contribution in [0.5, 0.6) is 0 Å². The number of primary amides is 1. The number of benzene rings is 1. The number of rotatable bonds is 4. The number of morpholine rings is 1. The van der Waals surface area contributed by atoms with Crippen molar-refractivity contribution in [1.82, 2.24) is 14.3 Å². The van der Waals surface area contributed by atoms with Gasteiger partial charge in [-0.3, -0.25) is 9.69 Å². The lowest BCUT2D eigenvalue weighted by Crippen LogP contribution is -2.51. The summed E-state index contributed by atoms with van der Waals surface area (Å²) in [6, 6.07) is 9.10. The highest BCUT2D eigenvalue weighted by Gasteiger charge is 2.44. The summed E-state index contributed by atoms with van der Waals surface area (Å²) in [5.41, 5.74) is 8.62. The second kappa shape index (κ2) is 8.18. The molecule has 2 N–H and O–H groups in total. The Bertz CT molecular complexity index is 1130. The first kappa shape index (κ1) is 21.7. The Balaban J connectivity index is 1.68. The Morgan fingerprint density at radius 2 is 2.06 bits per heavy atom. The molecule has 0 spiro atoms. The number of nitrogens with two attached hydrogens (primary N) is 1. The van der Waals surface area contributed by atoms with E-state index in [4.69, 9.17) is 10.5 Å². The average molecular weight is 450 g/mol. The summed E-state index contributed by atoms with van der Waals surface area (Å²) in [4.78, 5) is 18.8. The second-order valence-electron chi connectivity index (χ2n) is 7.77. The molecule has 1 amide bonds. The molecule has 164 valence electrons. The van der Waals surface area contributed by atoms with E-state index in [2.05, 4.69) is 9.36 Å². The highest BCUT2D eigenvalue weighted by Crippen LogP contribution is 2.33. The zero-order valence-electron chi connectivity index (χ0n) is 16.9. The minimum absolute atomic E-state index is 0.128. The number of ether oxygens (including phenoxy) is 1. The lowest BCUT2D eigenvalue weighted by atomic mass is 10.0. The lowest BCUT2D eigenvalue weighted by molar-refractivity contribution is -0.252. The predicted molar refractivity (Wildman–Crippen MR) is 112 cm³/mol.